The highest BCUT2D eigenvalue weighted by molar-refractivity contribution is 5.82. The first-order valence-corrected chi connectivity index (χ1v) is 7.26. The number of carbonyl (C=O) groups is 1. The lowest BCUT2D eigenvalue weighted by molar-refractivity contribution is -0.152. The van der Waals surface area contributed by atoms with Crippen molar-refractivity contribution in [3.8, 4) is 0 Å². The van der Waals surface area contributed by atoms with Gasteiger partial charge in [0.15, 0.2) is 5.54 Å². The molecule has 1 N–H and O–H groups in total. The van der Waals surface area contributed by atoms with E-state index in [9.17, 15) is 4.79 Å². The number of likely N-dealkylation sites (N-methyl/N-ethyl adjacent to an activating group) is 1. The van der Waals surface area contributed by atoms with Gasteiger partial charge in [0.1, 0.15) is 0 Å². The Morgan fingerprint density at radius 1 is 1.19 bits per heavy atom. The molecule has 0 radical (unpaired) electrons. The van der Waals surface area contributed by atoms with Gasteiger partial charge >= 0.3 is 5.97 Å². The monoisotopic (exact) mass is 293 g/mol. The topological polar surface area (TPSA) is 47.6 Å². The van der Waals surface area contributed by atoms with Crippen LogP contribution in [0, 0.1) is 5.41 Å². The average Bonchev–Trinajstić information content (AvgIpc) is 2.47. The van der Waals surface area contributed by atoms with Gasteiger partial charge in [-0.25, -0.2) is 4.79 Å². The van der Waals surface area contributed by atoms with Crippen molar-refractivity contribution in [3.63, 3.8) is 0 Å². The van der Waals surface area contributed by atoms with E-state index in [4.69, 9.17) is 9.47 Å². The first-order valence-electron chi connectivity index (χ1n) is 7.26. The SMILES string of the molecule is CNC(COCCC(C)(C)C)(C(=O)OC)c1ccccc1. The minimum Gasteiger partial charge on any atom is -0.467 e. The van der Waals surface area contributed by atoms with Crippen LogP contribution >= 0.6 is 0 Å². The Morgan fingerprint density at radius 3 is 2.29 bits per heavy atom. The Labute approximate surface area is 127 Å². The molecule has 0 saturated carbocycles. The van der Waals surface area contributed by atoms with E-state index in [0.29, 0.717) is 6.61 Å². The van der Waals surface area contributed by atoms with Crippen LogP contribution in [0.15, 0.2) is 30.3 Å². The van der Waals surface area contributed by atoms with E-state index in [1.54, 1.807) is 7.05 Å². The van der Waals surface area contributed by atoms with Crippen LogP contribution in [0.25, 0.3) is 0 Å². The third-order valence-electron chi connectivity index (χ3n) is 3.54. The third kappa shape index (κ3) is 4.83. The summed E-state index contributed by atoms with van der Waals surface area (Å²) in [6, 6.07) is 9.53. The maximum absolute atomic E-state index is 12.3. The molecule has 0 aliphatic rings. The number of ether oxygens (including phenoxy) is 2. The van der Waals surface area contributed by atoms with E-state index in [2.05, 4.69) is 26.1 Å². The molecule has 0 fully saturated rings. The summed E-state index contributed by atoms with van der Waals surface area (Å²) in [6.07, 6.45) is 0.933. The molecule has 4 heteroatoms. The summed E-state index contributed by atoms with van der Waals surface area (Å²) in [5.74, 6) is -0.341. The number of hydrogen-bond acceptors (Lipinski definition) is 4. The van der Waals surface area contributed by atoms with E-state index in [1.807, 2.05) is 30.3 Å². The predicted molar refractivity (Wildman–Crippen MR) is 84.1 cm³/mol. The number of benzene rings is 1. The molecule has 0 aliphatic carbocycles. The fourth-order valence-electron chi connectivity index (χ4n) is 2.08. The summed E-state index contributed by atoms with van der Waals surface area (Å²) in [5.41, 5.74) is 0.0869. The van der Waals surface area contributed by atoms with Gasteiger partial charge in [-0.2, -0.15) is 0 Å². The van der Waals surface area contributed by atoms with E-state index in [0.717, 1.165) is 12.0 Å². The third-order valence-corrected chi connectivity index (χ3v) is 3.54. The summed E-state index contributed by atoms with van der Waals surface area (Å²) >= 11 is 0. The molecule has 0 spiro atoms. The van der Waals surface area contributed by atoms with Crippen LogP contribution in [0.1, 0.15) is 32.8 Å². The highest BCUT2D eigenvalue weighted by Crippen LogP contribution is 2.24. The van der Waals surface area contributed by atoms with Crippen LogP contribution < -0.4 is 5.32 Å². The van der Waals surface area contributed by atoms with Crippen LogP contribution in [0.3, 0.4) is 0 Å². The Balaban J connectivity index is 2.85. The van der Waals surface area contributed by atoms with Crippen LogP contribution in [0.4, 0.5) is 0 Å². The molecule has 1 aromatic rings. The van der Waals surface area contributed by atoms with Gasteiger partial charge in [0.25, 0.3) is 0 Å². The zero-order valence-electron chi connectivity index (χ0n) is 13.7. The quantitative estimate of drug-likeness (QED) is 0.620. The van der Waals surface area contributed by atoms with Crippen molar-refractivity contribution >= 4 is 5.97 Å². The summed E-state index contributed by atoms with van der Waals surface area (Å²) < 4.78 is 10.8. The molecule has 0 saturated heterocycles. The smallest absolute Gasteiger partial charge is 0.333 e. The zero-order valence-corrected chi connectivity index (χ0v) is 13.7. The van der Waals surface area contributed by atoms with Crippen LogP contribution in [0.2, 0.25) is 0 Å². The van der Waals surface area contributed by atoms with Crippen molar-refractivity contribution in [2.24, 2.45) is 5.41 Å². The van der Waals surface area contributed by atoms with E-state index in [-0.39, 0.29) is 18.0 Å². The molecule has 118 valence electrons. The second-order valence-corrected chi connectivity index (χ2v) is 6.38. The fourth-order valence-corrected chi connectivity index (χ4v) is 2.08. The zero-order chi connectivity index (χ0) is 15.9. The van der Waals surface area contributed by atoms with Crippen LogP contribution in [0.5, 0.6) is 0 Å². The average molecular weight is 293 g/mol. The van der Waals surface area contributed by atoms with Crippen molar-refractivity contribution < 1.29 is 14.3 Å². The van der Waals surface area contributed by atoms with Gasteiger partial charge in [0, 0.05) is 6.61 Å². The number of hydrogen-bond donors (Lipinski definition) is 1. The molecule has 1 atom stereocenters. The highest BCUT2D eigenvalue weighted by atomic mass is 16.5. The van der Waals surface area contributed by atoms with Crippen molar-refractivity contribution in [3.05, 3.63) is 35.9 Å². The number of methoxy groups -OCH3 is 1. The molecule has 1 aromatic carbocycles. The molecule has 21 heavy (non-hydrogen) atoms. The highest BCUT2D eigenvalue weighted by Gasteiger charge is 2.40. The minimum atomic E-state index is -0.964. The molecule has 0 amide bonds. The van der Waals surface area contributed by atoms with Gasteiger partial charge in [-0.15, -0.1) is 0 Å². The summed E-state index contributed by atoms with van der Waals surface area (Å²) in [7, 11) is 3.14. The van der Waals surface area contributed by atoms with Crippen molar-refractivity contribution in [1.82, 2.24) is 5.32 Å². The first-order chi connectivity index (χ1) is 9.85. The van der Waals surface area contributed by atoms with Gasteiger partial charge in [-0.1, -0.05) is 51.1 Å². The maximum atomic E-state index is 12.3. The van der Waals surface area contributed by atoms with Crippen molar-refractivity contribution in [2.45, 2.75) is 32.7 Å². The lowest BCUT2D eigenvalue weighted by atomic mass is 9.90. The van der Waals surface area contributed by atoms with Gasteiger partial charge < -0.3 is 9.47 Å². The Kier molecular flexibility index (Phi) is 6.37. The summed E-state index contributed by atoms with van der Waals surface area (Å²) in [5, 5.41) is 3.08. The van der Waals surface area contributed by atoms with Crippen molar-refractivity contribution in [2.75, 3.05) is 27.4 Å². The number of esters is 1. The largest absolute Gasteiger partial charge is 0.467 e. The summed E-state index contributed by atoms with van der Waals surface area (Å²) in [4.78, 5) is 12.3. The molecule has 4 nitrogen and oxygen atoms in total. The fraction of sp³-hybridized carbons (Fsp3) is 0.588. The predicted octanol–water partition coefficient (Wildman–Crippen LogP) is 2.73. The molecular formula is C17H27NO3. The molecule has 0 aromatic heterocycles. The summed E-state index contributed by atoms with van der Waals surface area (Å²) in [6.45, 7) is 7.35. The standard InChI is InChI=1S/C17H27NO3/c1-16(2,3)11-12-21-13-17(18-4,15(19)20-5)14-9-7-6-8-10-14/h6-10,18H,11-13H2,1-5H3. The Bertz CT molecular complexity index is 439. The van der Waals surface area contributed by atoms with Crippen LogP contribution in [-0.4, -0.2) is 33.3 Å². The molecule has 1 unspecified atom stereocenters. The Hall–Kier alpha value is -1.39. The maximum Gasteiger partial charge on any atom is 0.333 e. The molecule has 0 heterocycles. The van der Waals surface area contributed by atoms with Gasteiger partial charge in [0.2, 0.25) is 0 Å². The number of nitrogens with one attached hydrogen (secondary N) is 1. The van der Waals surface area contributed by atoms with Gasteiger partial charge in [-0.05, 0) is 24.4 Å². The second kappa shape index (κ2) is 7.57. The lowest BCUT2D eigenvalue weighted by Crippen LogP contribution is -2.52. The van der Waals surface area contributed by atoms with E-state index in [1.165, 1.54) is 7.11 Å². The lowest BCUT2D eigenvalue weighted by Gasteiger charge is -2.31. The van der Waals surface area contributed by atoms with Gasteiger partial charge in [-0.3, -0.25) is 5.32 Å². The normalized spacial score (nSPS) is 14.5. The van der Waals surface area contributed by atoms with E-state index < -0.39 is 5.54 Å². The van der Waals surface area contributed by atoms with Crippen molar-refractivity contribution in [1.29, 1.82) is 0 Å². The van der Waals surface area contributed by atoms with Gasteiger partial charge in [0.05, 0.1) is 13.7 Å². The number of rotatable bonds is 7. The molecule has 0 bridgehead atoms. The van der Waals surface area contributed by atoms with Crippen LogP contribution in [-0.2, 0) is 19.8 Å². The Morgan fingerprint density at radius 2 is 1.81 bits per heavy atom. The molecule has 0 aliphatic heterocycles. The number of carbonyl (C=O) groups excluding carboxylic acids is 1. The van der Waals surface area contributed by atoms with E-state index >= 15 is 0 Å². The molecular weight excluding hydrogens is 266 g/mol. The molecule has 1 rings (SSSR count). The minimum absolute atomic E-state index is 0.209. The second-order valence-electron chi connectivity index (χ2n) is 6.38. The first kappa shape index (κ1) is 17.7.